The molecule has 2 aromatic heterocycles. The van der Waals surface area contributed by atoms with Gasteiger partial charge in [0.15, 0.2) is 0 Å². The Balaban J connectivity index is 2.97. The first-order chi connectivity index (χ1) is 6.11. The van der Waals surface area contributed by atoms with Gasteiger partial charge in [0, 0.05) is 5.56 Å². The third-order valence-corrected chi connectivity index (χ3v) is 2.35. The van der Waals surface area contributed by atoms with E-state index in [9.17, 15) is 0 Å². The van der Waals surface area contributed by atoms with Crippen molar-refractivity contribution < 1.29 is 8.98 Å². The van der Waals surface area contributed by atoms with Crippen LogP contribution in [-0.4, -0.2) is 4.98 Å². The summed E-state index contributed by atoms with van der Waals surface area (Å²) in [5.74, 6) is 1.57. The first-order valence-corrected chi connectivity index (χ1v) is 4.11. The Bertz CT molecular complexity index is 473. The first-order valence-electron chi connectivity index (χ1n) is 4.11. The van der Waals surface area contributed by atoms with Gasteiger partial charge < -0.3 is 10.2 Å². The Morgan fingerprint density at radius 1 is 1.46 bits per heavy atom. The van der Waals surface area contributed by atoms with Gasteiger partial charge in [-0.2, -0.15) is 0 Å². The minimum absolute atomic E-state index is 0.616. The van der Waals surface area contributed by atoms with Crippen molar-refractivity contribution in [1.82, 2.24) is 4.98 Å². The minimum atomic E-state index is 0.616. The summed E-state index contributed by atoms with van der Waals surface area (Å²) in [4.78, 5) is 4.14. The lowest BCUT2D eigenvalue weighted by Crippen LogP contribution is -2.32. The van der Waals surface area contributed by atoms with Crippen LogP contribution in [0.15, 0.2) is 10.7 Å². The number of aromatic nitrogens is 2. The van der Waals surface area contributed by atoms with Crippen LogP contribution in [-0.2, 0) is 7.05 Å². The van der Waals surface area contributed by atoms with Gasteiger partial charge in [0.1, 0.15) is 11.1 Å². The van der Waals surface area contributed by atoms with E-state index in [2.05, 4.69) is 4.98 Å². The Morgan fingerprint density at radius 3 is 2.85 bits per heavy atom. The lowest BCUT2D eigenvalue weighted by atomic mass is 10.2. The summed E-state index contributed by atoms with van der Waals surface area (Å²) in [6, 6.07) is 0. The zero-order valence-electron chi connectivity index (χ0n) is 7.96. The third-order valence-electron chi connectivity index (χ3n) is 2.35. The highest BCUT2D eigenvalue weighted by atomic mass is 16.3. The van der Waals surface area contributed by atoms with E-state index in [-0.39, 0.29) is 0 Å². The molecule has 0 spiro atoms. The van der Waals surface area contributed by atoms with Crippen molar-refractivity contribution in [2.75, 3.05) is 5.73 Å². The fourth-order valence-corrected chi connectivity index (χ4v) is 1.38. The molecule has 0 saturated heterocycles. The molecule has 2 aromatic rings. The summed E-state index contributed by atoms with van der Waals surface area (Å²) in [7, 11) is 1.86. The van der Waals surface area contributed by atoms with Crippen molar-refractivity contribution in [3.8, 4) is 0 Å². The third kappa shape index (κ3) is 0.983. The number of anilines is 1. The van der Waals surface area contributed by atoms with Crippen LogP contribution in [0, 0.1) is 13.8 Å². The molecule has 0 atom stereocenters. The summed E-state index contributed by atoms with van der Waals surface area (Å²) in [5, 5.41) is 0.919. The Hall–Kier alpha value is -1.58. The van der Waals surface area contributed by atoms with Gasteiger partial charge in [-0.3, -0.25) is 0 Å². The average Bonchev–Trinajstić information content (AvgIpc) is 2.37. The molecule has 13 heavy (non-hydrogen) atoms. The summed E-state index contributed by atoms with van der Waals surface area (Å²) in [6.45, 7) is 3.90. The topological polar surface area (TPSA) is 55.9 Å². The molecule has 2 N–H and O–H groups in total. The standard InChI is InChI=1S/C9H11N3O/c1-5-6(2)13-9-7(5)8(10)12(3)4-11-9/h4,10H,1-3H3/p+1. The Morgan fingerprint density at radius 2 is 2.15 bits per heavy atom. The van der Waals surface area contributed by atoms with Crippen LogP contribution in [0.2, 0.25) is 0 Å². The number of hydrogen-bond donors (Lipinski definition) is 1. The van der Waals surface area contributed by atoms with Crippen LogP contribution < -0.4 is 10.3 Å². The number of furan rings is 1. The Labute approximate surface area is 76.0 Å². The smallest absolute Gasteiger partial charge is 0.309 e. The van der Waals surface area contributed by atoms with Gasteiger partial charge in [-0.05, 0) is 13.8 Å². The molecule has 4 nitrogen and oxygen atoms in total. The predicted molar refractivity (Wildman–Crippen MR) is 49.1 cm³/mol. The second kappa shape index (κ2) is 2.45. The molecule has 68 valence electrons. The molecule has 2 rings (SSSR count). The van der Waals surface area contributed by atoms with Crippen LogP contribution in [0.4, 0.5) is 5.82 Å². The monoisotopic (exact) mass is 178 g/mol. The quantitative estimate of drug-likeness (QED) is 0.608. The second-order valence-electron chi connectivity index (χ2n) is 3.20. The summed E-state index contributed by atoms with van der Waals surface area (Å²) < 4.78 is 7.21. The van der Waals surface area contributed by atoms with Gasteiger partial charge >= 0.3 is 5.71 Å². The summed E-state index contributed by atoms with van der Waals surface area (Å²) in [5.41, 5.74) is 7.58. The highest BCUT2D eigenvalue weighted by Crippen LogP contribution is 2.24. The van der Waals surface area contributed by atoms with Crippen molar-refractivity contribution in [3.05, 3.63) is 17.7 Å². The van der Waals surface area contributed by atoms with Crippen LogP contribution in [0.25, 0.3) is 11.1 Å². The maximum atomic E-state index is 5.90. The van der Waals surface area contributed by atoms with Crippen molar-refractivity contribution in [1.29, 1.82) is 0 Å². The van der Waals surface area contributed by atoms with E-state index in [4.69, 9.17) is 10.2 Å². The molecule has 0 fully saturated rings. The van der Waals surface area contributed by atoms with Gasteiger partial charge in [0.05, 0.1) is 7.05 Å². The number of nitrogens with zero attached hydrogens (tertiary/aromatic N) is 2. The number of fused-ring (bicyclic) bond motifs is 1. The lowest BCUT2D eigenvalue weighted by molar-refractivity contribution is -0.658. The van der Waals surface area contributed by atoms with Crippen LogP contribution in [0.1, 0.15) is 11.3 Å². The number of hydrogen-bond acceptors (Lipinski definition) is 3. The number of rotatable bonds is 0. The van der Waals surface area contributed by atoms with E-state index in [0.29, 0.717) is 11.5 Å². The van der Waals surface area contributed by atoms with E-state index in [0.717, 1.165) is 16.7 Å². The first kappa shape index (κ1) is 8.04. The van der Waals surface area contributed by atoms with Crippen molar-refractivity contribution >= 4 is 16.9 Å². The molecule has 0 aromatic carbocycles. The molecular weight excluding hydrogens is 166 g/mol. The lowest BCUT2D eigenvalue weighted by Gasteiger charge is -1.95. The Kier molecular flexibility index (Phi) is 1.52. The van der Waals surface area contributed by atoms with E-state index in [1.165, 1.54) is 0 Å². The van der Waals surface area contributed by atoms with E-state index in [1.807, 2.05) is 20.9 Å². The van der Waals surface area contributed by atoms with E-state index in [1.54, 1.807) is 10.9 Å². The maximum Gasteiger partial charge on any atom is 0.309 e. The van der Waals surface area contributed by atoms with Crippen molar-refractivity contribution in [2.45, 2.75) is 13.8 Å². The molecule has 0 unspecified atom stereocenters. The zero-order chi connectivity index (χ0) is 9.59. The van der Waals surface area contributed by atoms with Crippen LogP contribution in [0.5, 0.6) is 0 Å². The fraction of sp³-hybridized carbons (Fsp3) is 0.333. The van der Waals surface area contributed by atoms with Crippen molar-refractivity contribution in [3.63, 3.8) is 0 Å². The van der Waals surface area contributed by atoms with Crippen molar-refractivity contribution in [2.24, 2.45) is 7.05 Å². The van der Waals surface area contributed by atoms with Gasteiger partial charge in [0.25, 0.3) is 0 Å². The number of nitrogen functional groups attached to an aromatic ring is 1. The molecule has 0 amide bonds. The maximum absolute atomic E-state index is 5.90. The molecule has 0 aliphatic heterocycles. The molecule has 0 radical (unpaired) electrons. The molecule has 0 saturated carbocycles. The van der Waals surface area contributed by atoms with Gasteiger partial charge in [-0.25, -0.2) is 4.57 Å². The highest BCUT2D eigenvalue weighted by Gasteiger charge is 2.17. The average molecular weight is 178 g/mol. The van der Waals surface area contributed by atoms with E-state index < -0.39 is 0 Å². The zero-order valence-corrected chi connectivity index (χ0v) is 7.96. The largest absolute Gasteiger partial charge is 0.431 e. The summed E-state index contributed by atoms with van der Waals surface area (Å²) >= 11 is 0. The van der Waals surface area contributed by atoms with Crippen LogP contribution >= 0.6 is 0 Å². The SMILES string of the molecule is Cc1oc2nc[n+](C)c(N)c2c1C. The predicted octanol–water partition coefficient (Wildman–Crippen LogP) is 0.851. The highest BCUT2D eigenvalue weighted by molar-refractivity contribution is 5.86. The number of nitrogens with two attached hydrogens (primary N) is 1. The second-order valence-corrected chi connectivity index (χ2v) is 3.20. The molecule has 0 aliphatic carbocycles. The number of aryl methyl sites for hydroxylation is 3. The van der Waals surface area contributed by atoms with E-state index >= 15 is 0 Å². The van der Waals surface area contributed by atoms with Gasteiger partial charge in [-0.15, -0.1) is 0 Å². The normalized spacial score (nSPS) is 11.0. The molecule has 4 heteroatoms. The van der Waals surface area contributed by atoms with Gasteiger partial charge in [-0.1, -0.05) is 4.98 Å². The molecular formula is C9H12N3O+. The molecule has 2 heterocycles. The molecule has 0 bridgehead atoms. The van der Waals surface area contributed by atoms with Crippen LogP contribution in [0.3, 0.4) is 0 Å². The fourth-order valence-electron chi connectivity index (χ4n) is 1.38. The summed E-state index contributed by atoms with van der Waals surface area (Å²) in [6.07, 6.45) is 1.65. The molecule has 0 aliphatic rings. The van der Waals surface area contributed by atoms with Gasteiger partial charge in [0.2, 0.25) is 12.1 Å². The minimum Gasteiger partial charge on any atom is -0.431 e.